The van der Waals surface area contributed by atoms with Gasteiger partial charge in [-0.05, 0) is 50.0 Å². The Balaban J connectivity index is 1.77. The lowest BCUT2D eigenvalue weighted by molar-refractivity contribution is -0.131. The third kappa shape index (κ3) is 5.20. The number of nitrogens with zero attached hydrogens (tertiary/aromatic N) is 2. The minimum absolute atomic E-state index is 0.219. The standard InChI is InChI=1S/C18H27FN2O2/c1-3-20-10-5-11-21(13-12-20)18(22)7-4-6-15-8-9-17(23-2)16(19)14-15/h8-9,14H,3-7,10-13H2,1-2H3. The summed E-state index contributed by atoms with van der Waals surface area (Å²) < 4.78 is 18.5. The van der Waals surface area contributed by atoms with E-state index in [0.717, 1.165) is 51.1 Å². The fourth-order valence-corrected chi connectivity index (χ4v) is 3.00. The summed E-state index contributed by atoms with van der Waals surface area (Å²) >= 11 is 0. The van der Waals surface area contributed by atoms with Gasteiger partial charge >= 0.3 is 0 Å². The van der Waals surface area contributed by atoms with Crippen LogP contribution in [0.15, 0.2) is 18.2 Å². The molecule has 0 saturated carbocycles. The lowest BCUT2D eigenvalue weighted by Crippen LogP contribution is -2.35. The smallest absolute Gasteiger partial charge is 0.222 e. The topological polar surface area (TPSA) is 32.8 Å². The first-order valence-electron chi connectivity index (χ1n) is 8.46. The molecule has 0 bridgehead atoms. The molecule has 0 atom stereocenters. The maximum atomic E-state index is 13.6. The Morgan fingerprint density at radius 3 is 2.78 bits per heavy atom. The molecule has 1 aromatic rings. The van der Waals surface area contributed by atoms with Crippen LogP contribution in [0, 0.1) is 5.82 Å². The van der Waals surface area contributed by atoms with Crippen molar-refractivity contribution in [2.75, 3.05) is 39.8 Å². The van der Waals surface area contributed by atoms with E-state index in [1.165, 1.54) is 13.2 Å². The van der Waals surface area contributed by atoms with Crippen molar-refractivity contribution in [3.63, 3.8) is 0 Å². The van der Waals surface area contributed by atoms with Crippen LogP contribution in [0.2, 0.25) is 0 Å². The van der Waals surface area contributed by atoms with Crippen LogP contribution in [0.4, 0.5) is 4.39 Å². The minimum atomic E-state index is -0.344. The third-order valence-electron chi connectivity index (χ3n) is 4.46. The van der Waals surface area contributed by atoms with Crippen molar-refractivity contribution in [3.8, 4) is 5.75 Å². The molecule has 2 rings (SSSR count). The van der Waals surface area contributed by atoms with Crippen LogP contribution in [-0.4, -0.2) is 55.5 Å². The Labute approximate surface area is 138 Å². The van der Waals surface area contributed by atoms with E-state index in [9.17, 15) is 9.18 Å². The van der Waals surface area contributed by atoms with Gasteiger partial charge in [-0.3, -0.25) is 4.79 Å². The molecule has 0 radical (unpaired) electrons. The Morgan fingerprint density at radius 1 is 1.26 bits per heavy atom. The summed E-state index contributed by atoms with van der Waals surface area (Å²) in [5.41, 5.74) is 0.907. The Hall–Kier alpha value is -1.62. The molecule has 0 unspecified atom stereocenters. The SMILES string of the molecule is CCN1CCCN(C(=O)CCCc2ccc(OC)c(F)c2)CC1. The molecule has 1 amide bonds. The Morgan fingerprint density at radius 2 is 2.09 bits per heavy atom. The molecular weight excluding hydrogens is 295 g/mol. The van der Waals surface area contributed by atoms with E-state index in [2.05, 4.69) is 11.8 Å². The monoisotopic (exact) mass is 322 g/mol. The molecule has 1 heterocycles. The summed E-state index contributed by atoms with van der Waals surface area (Å²) in [6.07, 6.45) is 3.03. The second-order valence-electron chi connectivity index (χ2n) is 5.99. The van der Waals surface area contributed by atoms with E-state index in [4.69, 9.17) is 4.74 Å². The number of ether oxygens (including phenoxy) is 1. The fraction of sp³-hybridized carbons (Fsp3) is 0.611. The van der Waals surface area contributed by atoms with Crippen molar-refractivity contribution in [3.05, 3.63) is 29.6 Å². The number of amides is 1. The van der Waals surface area contributed by atoms with E-state index in [-0.39, 0.29) is 17.5 Å². The summed E-state index contributed by atoms with van der Waals surface area (Å²) in [5.74, 6) is 0.135. The molecule has 128 valence electrons. The average Bonchev–Trinajstić information content (AvgIpc) is 2.80. The van der Waals surface area contributed by atoms with Crippen molar-refractivity contribution in [1.82, 2.24) is 9.80 Å². The number of halogens is 1. The summed E-state index contributed by atoms with van der Waals surface area (Å²) in [6, 6.07) is 4.99. The highest BCUT2D eigenvalue weighted by Crippen LogP contribution is 2.19. The molecule has 1 aliphatic heterocycles. The van der Waals surface area contributed by atoms with Crippen LogP contribution in [0.3, 0.4) is 0 Å². The highest BCUT2D eigenvalue weighted by Gasteiger charge is 2.17. The van der Waals surface area contributed by atoms with Crippen LogP contribution < -0.4 is 4.74 Å². The highest BCUT2D eigenvalue weighted by atomic mass is 19.1. The first kappa shape index (κ1) is 17.7. The number of likely N-dealkylation sites (N-methyl/N-ethyl adjacent to an activating group) is 1. The van der Waals surface area contributed by atoms with Crippen LogP contribution >= 0.6 is 0 Å². The number of aryl methyl sites for hydroxylation is 1. The quantitative estimate of drug-likeness (QED) is 0.807. The van der Waals surface area contributed by atoms with Gasteiger partial charge in [0.05, 0.1) is 7.11 Å². The van der Waals surface area contributed by atoms with Gasteiger partial charge in [0.2, 0.25) is 5.91 Å². The van der Waals surface area contributed by atoms with Crippen LogP contribution in [0.5, 0.6) is 5.75 Å². The van der Waals surface area contributed by atoms with Gasteiger partial charge in [-0.15, -0.1) is 0 Å². The summed E-state index contributed by atoms with van der Waals surface area (Å²) in [5, 5.41) is 0. The molecule has 0 N–H and O–H groups in total. The van der Waals surface area contributed by atoms with Crippen LogP contribution in [0.25, 0.3) is 0 Å². The lowest BCUT2D eigenvalue weighted by atomic mass is 10.1. The van der Waals surface area contributed by atoms with E-state index >= 15 is 0 Å². The molecule has 23 heavy (non-hydrogen) atoms. The van der Waals surface area contributed by atoms with Gasteiger partial charge in [0, 0.05) is 26.1 Å². The van der Waals surface area contributed by atoms with Gasteiger partial charge in [0.15, 0.2) is 11.6 Å². The molecule has 1 aromatic carbocycles. The second-order valence-corrected chi connectivity index (χ2v) is 5.99. The zero-order chi connectivity index (χ0) is 16.7. The first-order valence-corrected chi connectivity index (χ1v) is 8.46. The van der Waals surface area contributed by atoms with Crippen molar-refractivity contribution < 1.29 is 13.9 Å². The van der Waals surface area contributed by atoms with Gasteiger partial charge in [-0.25, -0.2) is 4.39 Å². The second kappa shape index (κ2) is 8.87. The molecule has 4 nitrogen and oxygen atoms in total. The maximum absolute atomic E-state index is 13.6. The molecule has 1 saturated heterocycles. The fourth-order valence-electron chi connectivity index (χ4n) is 3.00. The average molecular weight is 322 g/mol. The number of hydrogen-bond acceptors (Lipinski definition) is 3. The van der Waals surface area contributed by atoms with Crippen molar-refractivity contribution in [2.45, 2.75) is 32.6 Å². The summed E-state index contributed by atoms with van der Waals surface area (Å²) in [4.78, 5) is 16.7. The summed E-state index contributed by atoms with van der Waals surface area (Å²) in [6.45, 7) is 6.92. The zero-order valence-corrected chi connectivity index (χ0v) is 14.2. The van der Waals surface area contributed by atoms with Gasteiger partial charge in [-0.2, -0.15) is 0 Å². The van der Waals surface area contributed by atoms with E-state index in [1.54, 1.807) is 6.07 Å². The van der Waals surface area contributed by atoms with Gasteiger partial charge < -0.3 is 14.5 Å². The predicted molar refractivity (Wildman–Crippen MR) is 89.2 cm³/mol. The highest BCUT2D eigenvalue weighted by molar-refractivity contribution is 5.76. The lowest BCUT2D eigenvalue weighted by Gasteiger charge is -2.21. The van der Waals surface area contributed by atoms with Crippen molar-refractivity contribution in [1.29, 1.82) is 0 Å². The third-order valence-corrected chi connectivity index (χ3v) is 4.46. The van der Waals surface area contributed by atoms with Gasteiger partial charge in [0.1, 0.15) is 0 Å². The van der Waals surface area contributed by atoms with Gasteiger partial charge in [0.25, 0.3) is 0 Å². The largest absolute Gasteiger partial charge is 0.494 e. The molecular formula is C18H27FN2O2. The first-order chi connectivity index (χ1) is 11.1. The molecule has 1 fully saturated rings. The molecule has 0 spiro atoms. The number of benzene rings is 1. The van der Waals surface area contributed by atoms with Crippen LogP contribution in [0.1, 0.15) is 31.7 Å². The van der Waals surface area contributed by atoms with Crippen molar-refractivity contribution >= 4 is 5.91 Å². The minimum Gasteiger partial charge on any atom is -0.494 e. The number of carbonyl (C=O) groups is 1. The molecule has 0 aromatic heterocycles. The van der Waals surface area contributed by atoms with Crippen LogP contribution in [-0.2, 0) is 11.2 Å². The normalized spacial score (nSPS) is 16.2. The van der Waals surface area contributed by atoms with E-state index in [1.807, 2.05) is 11.0 Å². The molecule has 0 aliphatic carbocycles. The number of methoxy groups -OCH3 is 1. The van der Waals surface area contributed by atoms with E-state index in [0.29, 0.717) is 12.8 Å². The molecule has 5 heteroatoms. The summed E-state index contributed by atoms with van der Waals surface area (Å²) in [7, 11) is 1.46. The Bertz CT molecular complexity index is 522. The zero-order valence-electron chi connectivity index (χ0n) is 14.2. The number of hydrogen-bond donors (Lipinski definition) is 0. The molecule has 1 aliphatic rings. The maximum Gasteiger partial charge on any atom is 0.222 e. The van der Waals surface area contributed by atoms with Gasteiger partial charge in [-0.1, -0.05) is 13.0 Å². The number of carbonyl (C=O) groups excluding carboxylic acids is 1. The van der Waals surface area contributed by atoms with Crippen molar-refractivity contribution in [2.24, 2.45) is 0 Å². The number of rotatable bonds is 6. The Kier molecular flexibility index (Phi) is 6.84. The van der Waals surface area contributed by atoms with E-state index < -0.39 is 0 Å². The predicted octanol–water partition coefficient (Wildman–Crippen LogP) is 2.71.